The maximum absolute atomic E-state index is 12.6. The van der Waals surface area contributed by atoms with Crippen LogP contribution in [0.4, 0.5) is 8.78 Å². The van der Waals surface area contributed by atoms with E-state index in [-0.39, 0.29) is 30.9 Å². The first-order valence-electron chi connectivity index (χ1n) is 7.56. The van der Waals surface area contributed by atoms with Crippen LogP contribution in [0.15, 0.2) is 24.3 Å². The Morgan fingerprint density at radius 3 is 2.30 bits per heavy atom. The van der Waals surface area contributed by atoms with E-state index in [4.69, 9.17) is 4.74 Å². The van der Waals surface area contributed by atoms with Crippen molar-refractivity contribution in [3.63, 3.8) is 0 Å². The van der Waals surface area contributed by atoms with Crippen LogP contribution in [-0.4, -0.2) is 37.7 Å². The van der Waals surface area contributed by atoms with Crippen molar-refractivity contribution in [2.75, 3.05) is 26.2 Å². The fourth-order valence-corrected chi connectivity index (χ4v) is 2.87. The van der Waals surface area contributed by atoms with Gasteiger partial charge in [-0.15, -0.1) is 24.8 Å². The van der Waals surface area contributed by atoms with E-state index in [1.807, 2.05) is 12.1 Å². The lowest BCUT2D eigenvalue weighted by Gasteiger charge is -2.36. The molecule has 134 valence electrons. The van der Waals surface area contributed by atoms with E-state index < -0.39 is 6.61 Å². The molecule has 1 heterocycles. The van der Waals surface area contributed by atoms with Crippen molar-refractivity contribution in [2.45, 2.75) is 32.9 Å². The van der Waals surface area contributed by atoms with E-state index in [0.29, 0.717) is 11.7 Å². The number of hydrogen-bond donors (Lipinski definition) is 1. The van der Waals surface area contributed by atoms with Crippen LogP contribution in [0.3, 0.4) is 0 Å². The smallest absolute Gasteiger partial charge is 0.387 e. The van der Waals surface area contributed by atoms with Gasteiger partial charge in [0, 0.05) is 37.8 Å². The van der Waals surface area contributed by atoms with E-state index in [1.165, 1.54) is 0 Å². The standard InChI is InChI=1S/C16H24F2N2O.2ClH/c1-12(2)11-14(20-9-7-19-8-10-20)13-5-3-4-6-15(13)21-16(17)18;;/h3-6,12,14,16,19H,7-11H2,1-2H3;2*1H/t14-;;/m0../s1. The Morgan fingerprint density at radius 1 is 1.13 bits per heavy atom. The molecule has 1 fully saturated rings. The van der Waals surface area contributed by atoms with Crippen LogP contribution in [0.5, 0.6) is 5.75 Å². The first kappa shape index (κ1) is 22.4. The number of para-hydroxylation sites is 1. The molecule has 0 radical (unpaired) electrons. The van der Waals surface area contributed by atoms with E-state index in [1.54, 1.807) is 12.1 Å². The Morgan fingerprint density at radius 2 is 1.74 bits per heavy atom. The van der Waals surface area contributed by atoms with E-state index in [9.17, 15) is 8.78 Å². The van der Waals surface area contributed by atoms with Crippen molar-refractivity contribution in [2.24, 2.45) is 5.92 Å². The lowest BCUT2D eigenvalue weighted by atomic mass is 9.94. The summed E-state index contributed by atoms with van der Waals surface area (Å²) in [6.45, 7) is 5.27. The predicted octanol–water partition coefficient (Wildman–Crippen LogP) is 4.12. The average Bonchev–Trinajstić information content (AvgIpc) is 2.46. The van der Waals surface area contributed by atoms with Crippen LogP contribution in [0.2, 0.25) is 0 Å². The molecule has 1 saturated heterocycles. The molecule has 0 aliphatic carbocycles. The molecular formula is C16H26Cl2F2N2O. The van der Waals surface area contributed by atoms with Crippen molar-refractivity contribution >= 4 is 24.8 Å². The van der Waals surface area contributed by atoms with Crippen LogP contribution < -0.4 is 10.1 Å². The third-order valence-electron chi connectivity index (χ3n) is 3.78. The normalized spacial score (nSPS) is 16.6. The summed E-state index contributed by atoms with van der Waals surface area (Å²) < 4.78 is 30.0. The van der Waals surface area contributed by atoms with Gasteiger partial charge in [0.2, 0.25) is 0 Å². The third kappa shape index (κ3) is 6.79. The molecule has 0 amide bonds. The van der Waals surface area contributed by atoms with Gasteiger partial charge in [0.15, 0.2) is 0 Å². The van der Waals surface area contributed by atoms with Gasteiger partial charge in [-0.2, -0.15) is 8.78 Å². The zero-order valence-corrected chi connectivity index (χ0v) is 15.1. The molecule has 0 saturated carbocycles. The second-order valence-electron chi connectivity index (χ2n) is 5.85. The monoisotopic (exact) mass is 370 g/mol. The number of piperazine rings is 1. The van der Waals surface area contributed by atoms with Crippen molar-refractivity contribution < 1.29 is 13.5 Å². The van der Waals surface area contributed by atoms with E-state index >= 15 is 0 Å². The first-order chi connectivity index (χ1) is 10.1. The summed E-state index contributed by atoms with van der Waals surface area (Å²) >= 11 is 0. The molecule has 1 aliphatic heterocycles. The number of nitrogens with one attached hydrogen (secondary N) is 1. The summed E-state index contributed by atoms with van der Waals surface area (Å²) in [5.41, 5.74) is 0.869. The summed E-state index contributed by atoms with van der Waals surface area (Å²) in [5, 5.41) is 3.33. The van der Waals surface area contributed by atoms with Gasteiger partial charge in [-0.1, -0.05) is 32.0 Å². The van der Waals surface area contributed by atoms with Crippen LogP contribution in [0.1, 0.15) is 31.9 Å². The summed E-state index contributed by atoms with van der Waals surface area (Å²) in [6.07, 6.45) is 0.934. The van der Waals surface area contributed by atoms with Gasteiger partial charge >= 0.3 is 6.61 Å². The molecule has 2 rings (SSSR count). The van der Waals surface area contributed by atoms with E-state index in [0.717, 1.165) is 38.2 Å². The van der Waals surface area contributed by atoms with Gasteiger partial charge in [0.05, 0.1) is 0 Å². The number of ether oxygens (including phenoxy) is 1. The minimum Gasteiger partial charge on any atom is -0.434 e. The highest BCUT2D eigenvalue weighted by Gasteiger charge is 2.26. The molecule has 1 N–H and O–H groups in total. The summed E-state index contributed by atoms with van der Waals surface area (Å²) in [4.78, 5) is 2.37. The molecule has 0 aromatic heterocycles. The number of alkyl halides is 2. The first-order valence-corrected chi connectivity index (χ1v) is 7.56. The van der Waals surface area contributed by atoms with Crippen molar-refractivity contribution in [1.82, 2.24) is 10.2 Å². The van der Waals surface area contributed by atoms with Gasteiger partial charge in [-0.05, 0) is 18.4 Å². The fourth-order valence-electron chi connectivity index (χ4n) is 2.87. The molecule has 7 heteroatoms. The molecule has 0 unspecified atom stereocenters. The number of benzene rings is 1. The van der Waals surface area contributed by atoms with Crippen molar-refractivity contribution in [1.29, 1.82) is 0 Å². The van der Waals surface area contributed by atoms with E-state index in [2.05, 4.69) is 24.1 Å². The number of halogens is 4. The third-order valence-corrected chi connectivity index (χ3v) is 3.78. The maximum Gasteiger partial charge on any atom is 0.387 e. The summed E-state index contributed by atoms with van der Waals surface area (Å²) in [6, 6.07) is 7.31. The SMILES string of the molecule is CC(C)C[C@@H](c1ccccc1OC(F)F)N1CCNCC1.Cl.Cl. The highest BCUT2D eigenvalue weighted by Crippen LogP contribution is 2.34. The van der Waals surface area contributed by atoms with Crippen molar-refractivity contribution in [3.8, 4) is 5.75 Å². The largest absolute Gasteiger partial charge is 0.434 e. The van der Waals surface area contributed by atoms with Crippen LogP contribution in [0.25, 0.3) is 0 Å². The quantitative estimate of drug-likeness (QED) is 0.814. The zero-order valence-electron chi connectivity index (χ0n) is 13.5. The molecule has 1 aromatic carbocycles. The van der Waals surface area contributed by atoms with Gasteiger partial charge in [-0.3, -0.25) is 4.90 Å². The van der Waals surface area contributed by atoms with Gasteiger partial charge in [0.25, 0.3) is 0 Å². The molecule has 0 spiro atoms. The summed E-state index contributed by atoms with van der Waals surface area (Å²) in [7, 11) is 0. The van der Waals surface area contributed by atoms with Gasteiger partial charge < -0.3 is 10.1 Å². The van der Waals surface area contributed by atoms with Crippen LogP contribution >= 0.6 is 24.8 Å². The van der Waals surface area contributed by atoms with Gasteiger partial charge in [0.1, 0.15) is 5.75 Å². The Labute approximate surface area is 149 Å². The number of nitrogens with zero attached hydrogens (tertiary/aromatic N) is 1. The number of rotatable bonds is 6. The highest BCUT2D eigenvalue weighted by atomic mass is 35.5. The molecular weight excluding hydrogens is 345 g/mol. The predicted molar refractivity (Wildman–Crippen MR) is 94.2 cm³/mol. The number of hydrogen-bond acceptors (Lipinski definition) is 3. The average molecular weight is 371 g/mol. The second kappa shape index (κ2) is 11.0. The molecule has 1 aliphatic rings. The second-order valence-corrected chi connectivity index (χ2v) is 5.85. The van der Waals surface area contributed by atoms with Crippen LogP contribution in [-0.2, 0) is 0 Å². The summed E-state index contributed by atoms with van der Waals surface area (Å²) in [5.74, 6) is 0.793. The molecule has 0 bridgehead atoms. The Balaban J connectivity index is 0.00000242. The van der Waals surface area contributed by atoms with Crippen molar-refractivity contribution in [3.05, 3.63) is 29.8 Å². The minimum atomic E-state index is -2.78. The van der Waals surface area contributed by atoms with Crippen LogP contribution in [0, 0.1) is 5.92 Å². The minimum absolute atomic E-state index is 0. The molecule has 3 nitrogen and oxygen atoms in total. The Kier molecular flexibility index (Phi) is 10.7. The molecule has 1 aromatic rings. The topological polar surface area (TPSA) is 24.5 Å². The molecule has 23 heavy (non-hydrogen) atoms. The lowest BCUT2D eigenvalue weighted by molar-refractivity contribution is -0.0513. The Bertz CT molecular complexity index is 444. The highest BCUT2D eigenvalue weighted by molar-refractivity contribution is 5.85. The molecule has 1 atom stereocenters. The lowest BCUT2D eigenvalue weighted by Crippen LogP contribution is -2.45. The van der Waals surface area contributed by atoms with Gasteiger partial charge in [-0.25, -0.2) is 0 Å². The Hall–Kier alpha value is -0.620. The maximum atomic E-state index is 12.6. The fraction of sp³-hybridized carbons (Fsp3) is 0.625. The zero-order chi connectivity index (χ0) is 15.2.